The van der Waals surface area contributed by atoms with Gasteiger partial charge in [-0.2, -0.15) is 0 Å². The molecule has 5 aliphatic heterocycles. The predicted molar refractivity (Wildman–Crippen MR) is 493 cm³/mol. The standard InChI is InChI=1S/C16H20O5.C16H18O5.C15H18O3.C15H14O3.C14H16O3.C14H14O3.C14H12O3/c2*1-18-13-9-12(21-16(17)10-13)6-4-11-5-7-14(19-2)15(8-11)20-3;2*1-11-3-5-12(6-4-11)7-8-13-9-14(17-2)10-15(16)18-13;3*1-16-13-9-12(17-14(15)10-13)8-7-11-5-3-2-4-6-11/h5,7-8,10,12H,4,6,9H2,1-3H3;4-8,10,12H,9H2,1-3H3;3-6,10,13H,7-9H2,1-2H3;3-10H,1-2H3;2-6,10,12H,7-9H2,1H3;2-8,10,12H,9H2,1H3;2-10H,1H3/b;6-4+;;8-7+;;2*8-7+. The van der Waals surface area contributed by atoms with Gasteiger partial charge in [-0.1, -0.05) is 187 Å². The number of hydrogen-bond donors (Lipinski definition) is 0. The van der Waals surface area contributed by atoms with Crippen LogP contribution >= 0.6 is 0 Å². The SMILES string of the molecule is COC1=CC(=O)OC(/C=C/c2ccc(OC)c(OC)c2)C1.COC1=CC(=O)OC(/C=C/c2ccccc2)C1.COC1=CC(=O)OC(CCc2ccc(C)cc2)C1.COC1=CC(=O)OC(CCc2ccc(OC)c(OC)c2)C1.COC1=CC(=O)OC(CCc2ccccc2)C1.COc1cc(/C=C/c2ccc(C)cc2)oc(=O)c1.COc1cc(/C=C/c2ccccc2)oc(=O)c1. The summed E-state index contributed by atoms with van der Waals surface area (Å²) in [6.45, 7) is 4.11. The van der Waals surface area contributed by atoms with Crippen LogP contribution < -0.4 is 39.7 Å². The molecule has 0 spiro atoms. The summed E-state index contributed by atoms with van der Waals surface area (Å²) in [6, 6.07) is 63.7. The molecule has 2 aromatic heterocycles. The number of cyclic esters (lactones) is 5. The molecule has 9 aromatic rings. The Morgan fingerprint density at radius 2 is 0.597 bits per heavy atom. The van der Waals surface area contributed by atoms with E-state index in [-0.39, 0.29) is 60.4 Å². The molecule has 5 unspecified atom stereocenters. The van der Waals surface area contributed by atoms with Crippen molar-refractivity contribution in [2.45, 2.75) is 115 Å². The van der Waals surface area contributed by atoms with Gasteiger partial charge in [-0.15, -0.1) is 0 Å². The third-order valence-electron chi connectivity index (χ3n) is 19.8. The number of carbonyl (C=O) groups excluding carboxylic acids is 5. The molecule has 14 rings (SSSR count). The molecule has 25 heteroatoms. The van der Waals surface area contributed by atoms with Gasteiger partial charge in [0.25, 0.3) is 0 Å². The Hall–Kier alpha value is -14.8. The summed E-state index contributed by atoms with van der Waals surface area (Å²) in [5, 5.41) is 0. The second-order valence-electron chi connectivity index (χ2n) is 29.2. The molecule has 678 valence electrons. The fourth-order valence-electron chi connectivity index (χ4n) is 12.9. The first-order valence-corrected chi connectivity index (χ1v) is 41.6. The Morgan fingerprint density at radius 3 is 0.992 bits per heavy atom. The largest absolute Gasteiger partial charge is 0.501 e. The lowest BCUT2D eigenvalue weighted by molar-refractivity contribution is -0.146. The quantitative estimate of drug-likeness (QED) is 0.0325. The third-order valence-corrected chi connectivity index (χ3v) is 19.8. The van der Waals surface area contributed by atoms with Gasteiger partial charge in [-0.25, -0.2) is 33.6 Å². The summed E-state index contributed by atoms with van der Waals surface area (Å²) in [6.07, 6.45) is 29.0. The zero-order valence-electron chi connectivity index (χ0n) is 74.9. The summed E-state index contributed by atoms with van der Waals surface area (Å²) < 4.78 is 92.7. The smallest absolute Gasteiger partial charge is 0.339 e. The monoisotopic (exact) mass is 1760 g/mol. The maximum Gasteiger partial charge on any atom is 0.339 e. The van der Waals surface area contributed by atoms with Crippen LogP contribution in [0.15, 0.2) is 290 Å². The predicted octanol–water partition coefficient (Wildman–Crippen LogP) is 18.8. The minimum Gasteiger partial charge on any atom is -0.501 e. The van der Waals surface area contributed by atoms with Crippen LogP contribution in [0.5, 0.6) is 34.5 Å². The second kappa shape index (κ2) is 54.2. The van der Waals surface area contributed by atoms with E-state index < -0.39 is 11.3 Å². The number of carbonyl (C=O) groups is 5. The Kier molecular flexibility index (Phi) is 41.9. The number of ether oxygens (including phenoxy) is 16. The minimum atomic E-state index is -0.419. The molecule has 0 fully saturated rings. The molecule has 5 aliphatic rings. The molecule has 0 radical (unpaired) electrons. The molecule has 129 heavy (non-hydrogen) atoms. The molecule has 0 aliphatic carbocycles. The average molecular weight is 1760 g/mol. The third kappa shape index (κ3) is 36.4. The van der Waals surface area contributed by atoms with Crippen LogP contribution in [0.2, 0.25) is 0 Å². The van der Waals surface area contributed by atoms with Crippen molar-refractivity contribution in [3.63, 3.8) is 0 Å². The Labute approximate surface area is 752 Å². The molecule has 5 atom stereocenters. The van der Waals surface area contributed by atoms with E-state index in [1.807, 2.05) is 183 Å². The molecular weight excluding hydrogens is 1650 g/mol. The highest BCUT2D eigenvalue weighted by atomic mass is 16.6. The molecule has 0 N–H and O–H groups in total. The van der Waals surface area contributed by atoms with E-state index in [9.17, 15) is 33.6 Å². The first-order valence-electron chi connectivity index (χ1n) is 41.6. The summed E-state index contributed by atoms with van der Waals surface area (Å²) >= 11 is 0. The normalized spacial score (nSPS) is 16.6. The average Bonchev–Trinajstić information content (AvgIpc) is 0.860. The lowest BCUT2D eigenvalue weighted by Gasteiger charge is -2.22. The highest BCUT2D eigenvalue weighted by Gasteiger charge is 2.26. The Balaban J connectivity index is 0.000000186. The maximum atomic E-state index is 11.4. The van der Waals surface area contributed by atoms with Gasteiger partial charge in [0, 0.05) is 44.2 Å². The summed E-state index contributed by atoms with van der Waals surface area (Å²) in [5.41, 5.74) is 9.36. The molecular formula is C104H112O25. The number of rotatable bonds is 28. The molecule has 0 saturated heterocycles. The van der Waals surface area contributed by atoms with Crippen molar-refractivity contribution in [2.24, 2.45) is 0 Å². The lowest BCUT2D eigenvalue weighted by Crippen LogP contribution is -2.23. The number of esters is 5. The van der Waals surface area contributed by atoms with E-state index >= 15 is 0 Å². The fraction of sp³-hybridized carbons (Fsp3) is 0.279. The van der Waals surface area contributed by atoms with Gasteiger partial charge >= 0.3 is 41.1 Å². The van der Waals surface area contributed by atoms with E-state index in [1.54, 1.807) is 88.3 Å². The zero-order chi connectivity index (χ0) is 92.7. The number of methoxy groups -OCH3 is 11. The van der Waals surface area contributed by atoms with E-state index in [2.05, 4.69) is 43.3 Å². The summed E-state index contributed by atoms with van der Waals surface area (Å²) in [4.78, 5) is 79.1. The van der Waals surface area contributed by atoms with Crippen molar-refractivity contribution >= 4 is 66.3 Å². The van der Waals surface area contributed by atoms with Gasteiger partial charge in [0.1, 0.15) is 82.3 Å². The van der Waals surface area contributed by atoms with Crippen LogP contribution in [0.3, 0.4) is 0 Å². The lowest BCUT2D eigenvalue weighted by atomic mass is 10.0. The molecule has 0 bridgehead atoms. The Bertz CT molecular complexity index is 5480. The van der Waals surface area contributed by atoms with Crippen LogP contribution in [-0.2, 0) is 90.6 Å². The van der Waals surface area contributed by atoms with Crippen LogP contribution in [0.1, 0.15) is 113 Å². The van der Waals surface area contributed by atoms with Crippen molar-refractivity contribution < 1.29 is 109 Å². The first-order chi connectivity index (χ1) is 62.5. The van der Waals surface area contributed by atoms with E-state index in [0.717, 1.165) is 66.3 Å². The van der Waals surface area contributed by atoms with Crippen LogP contribution in [0, 0.1) is 13.8 Å². The minimum absolute atomic E-state index is 0.0670. The van der Waals surface area contributed by atoms with Gasteiger partial charge in [0.15, 0.2) is 23.0 Å². The maximum absolute atomic E-state index is 11.4. The van der Waals surface area contributed by atoms with Crippen LogP contribution in [0.25, 0.3) is 36.5 Å². The molecule has 7 heterocycles. The number of benzene rings is 7. The van der Waals surface area contributed by atoms with E-state index in [1.165, 1.54) is 79.0 Å². The van der Waals surface area contributed by atoms with E-state index in [0.29, 0.717) is 107 Å². The van der Waals surface area contributed by atoms with Crippen LogP contribution in [-0.4, -0.2) is 139 Å². The highest BCUT2D eigenvalue weighted by Crippen LogP contribution is 2.32. The van der Waals surface area contributed by atoms with Gasteiger partial charge in [0.2, 0.25) is 0 Å². The molecule has 0 saturated carbocycles. The van der Waals surface area contributed by atoms with Crippen molar-refractivity contribution in [3.8, 4) is 34.5 Å². The topological polar surface area (TPSA) is 293 Å². The van der Waals surface area contributed by atoms with Crippen molar-refractivity contribution in [2.75, 3.05) is 78.2 Å². The summed E-state index contributed by atoms with van der Waals surface area (Å²) in [5.74, 6) is 6.34. The number of aryl methyl sites for hydroxylation is 5. The number of hydrogen-bond acceptors (Lipinski definition) is 25. The van der Waals surface area contributed by atoms with Gasteiger partial charge in [0.05, 0.1) is 121 Å². The van der Waals surface area contributed by atoms with Gasteiger partial charge < -0.3 is 84.6 Å². The fourth-order valence-corrected chi connectivity index (χ4v) is 12.9. The van der Waals surface area contributed by atoms with Crippen molar-refractivity contribution in [1.29, 1.82) is 0 Å². The van der Waals surface area contributed by atoms with Gasteiger partial charge in [-0.05, 0) is 140 Å². The van der Waals surface area contributed by atoms with Crippen molar-refractivity contribution in [3.05, 3.63) is 354 Å². The van der Waals surface area contributed by atoms with E-state index in [4.69, 9.17) is 84.6 Å². The highest BCUT2D eigenvalue weighted by molar-refractivity contribution is 5.86. The van der Waals surface area contributed by atoms with Crippen molar-refractivity contribution in [1.82, 2.24) is 0 Å². The molecule has 0 amide bonds. The second-order valence-corrected chi connectivity index (χ2v) is 29.2. The molecule has 25 nitrogen and oxygen atoms in total. The first kappa shape index (κ1) is 99.7. The zero-order valence-corrected chi connectivity index (χ0v) is 74.9. The summed E-state index contributed by atoms with van der Waals surface area (Å²) in [7, 11) is 17.3. The Morgan fingerprint density at radius 1 is 0.279 bits per heavy atom. The van der Waals surface area contributed by atoms with Crippen LogP contribution in [0.4, 0.5) is 0 Å². The van der Waals surface area contributed by atoms with Gasteiger partial charge in [-0.3, -0.25) is 0 Å². The molecule has 7 aromatic carbocycles.